The summed E-state index contributed by atoms with van der Waals surface area (Å²) < 4.78 is 0. The summed E-state index contributed by atoms with van der Waals surface area (Å²) in [6, 6.07) is -0.935. The average molecular weight is 354 g/mol. The molecule has 3 heterocycles. The lowest BCUT2D eigenvalue weighted by Gasteiger charge is -2.48. The third-order valence-electron chi connectivity index (χ3n) is 3.31. The Kier molecular flexibility index (Phi) is 3.82. The predicted molar refractivity (Wildman–Crippen MR) is 81.6 cm³/mol. The highest BCUT2D eigenvalue weighted by Crippen LogP contribution is 2.37. The van der Waals surface area contributed by atoms with Gasteiger partial charge in [0.25, 0.3) is 17.6 Å². The Morgan fingerprint density at radius 3 is 2.78 bits per heavy atom. The second-order valence-corrected chi connectivity index (χ2v) is 6.72. The number of ketones is 1. The van der Waals surface area contributed by atoms with Gasteiger partial charge in [0.15, 0.2) is 5.13 Å². The number of thiazole rings is 1. The van der Waals surface area contributed by atoms with E-state index < -0.39 is 35.0 Å². The van der Waals surface area contributed by atoms with Gasteiger partial charge in [-0.25, -0.2) is 9.78 Å². The normalized spacial score (nSPS) is 22.7. The molecule has 4 N–H and O–H groups in total. The maximum absolute atomic E-state index is 12.1. The SMILES string of the molecule is Nc1nc(C(=O)C(=O)NC2C(=O)N3C(C(=O)O)=CCS[C@@H]23)cs1. The number of nitrogens with one attached hydrogen (secondary N) is 1. The molecule has 1 aromatic rings. The highest BCUT2D eigenvalue weighted by molar-refractivity contribution is 8.00. The predicted octanol–water partition coefficient (Wildman–Crippen LogP) is -0.724. The number of hydrogen-bond acceptors (Lipinski definition) is 8. The Balaban J connectivity index is 1.69. The van der Waals surface area contributed by atoms with Crippen LogP contribution in [0.5, 0.6) is 0 Å². The highest BCUT2D eigenvalue weighted by atomic mass is 32.2. The summed E-state index contributed by atoms with van der Waals surface area (Å²) in [6.45, 7) is 0. The molecule has 0 spiro atoms. The Labute approximate surface area is 137 Å². The monoisotopic (exact) mass is 354 g/mol. The number of carbonyl (C=O) groups is 4. The van der Waals surface area contributed by atoms with Crippen LogP contribution in [0.4, 0.5) is 5.13 Å². The van der Waals surface area contributed by atoms with Crippen molar-refractivity contribution in [3.05, 3.63) is 22.8 Å². The summed E-state index contributed by atoms with van der Waals surface area (Å²) >= 11 is 2.33. The standard InChI is InChI=1S/C12H10N4O5S2/c13-12-14-4(3-23-12)7(17)8(18)15-6-9(19)16-5(11(20)21)1-2-22-10(6)16/h1,3,6,10H,2H2,(H2,13,14)(H,15,18)(H,20,21)/t6?,10-/m0/s1. The largest absolute Gasteiger partial charge is 0.477 e. The van der Waals surface area contributed by atoms with E-state index in [1.165, 1.54) is 23.2 Å². The number of carbonyl (C=O) groups excluding carboxylic acids is 3. The summed E-state index contributed by atoms with van der Waals surface area (Å²) in [6.07, 6.45) is 1.43. The summed E-state index contributed by atoms with van der Waals surface area (Å²) in [5.74, 6) is -3.23. The Bertz CT molecular complexity index is 758. The van der Waals surface area contributed by atoms with Crippen molar-refractivity contribution >= 4 is 51.8 Å². The number of β-lactam (4-membered cyclic amide) rings is 1. The Hall–Kier alpha value is -2.40. The van der Waals surface area contributed by atoms with Crippen LogP contribution in [0.15, 0.2) is 17.2 Å². The number of fused-ring (bicyclic) bond motifs is 1. The van der Waals surface area contributed by atoms with Crippen molar-refractivity contribution in [2.75, 3.05) is 11.5 Å². The van der Waals surface area contributed by atoms with E-state index in [9.17, 15) is 19.2 Å². The van der Waals surface area contributed by atoms with Crippen molar-refractivity contribution in [1.29, 1.82) is 0 Å². The highest BCUT2D eigenvalue weighted by Gasteiger charge is 2.53. The van der Waals surface area contributed by atoms with Gasteiger partial charge in [-0.1, -0.05) is 0 Å². The van der Waals surface area contributed by atoms with Gasteiger partial charge in [0.05, 0.1) is 0 Å². The molecule has 1 saturated heterocycles. The first-order valence-corrected chi connectivity index (χ1v) is 8.27. The first kappa shape index (κ1) is 15.5. The van der Waals surface area contributed by atoms with Crippen LogP contribution in [0.1, 0.15) is 10.5 Å². The molecule has 3 rings (SSSR count). The van der Waals surface area contributed by atoms with Crippen LogP contribution in [0.2, 0.25) is 0 Å². The molecule has 0 bridgehead atoms. The number of amides is 2. The van der Waals surface area contributed by atoms with E-state index in [0.717, 1.165) is 16.2 Å². The molecule has 2 atom stereocenters. The quantitative estimate of drug-likeness (QED) is 0.365. The molecule has 120 valence electrons. The lowest BCUT2D eigenvalue weighted by atomic mass is 10.0. The molecule has 0 aliphatic carbocycles. The number of Topliss-reactive ketones (excluding diaryl/α,β-unsaturated/α-hetero) is 1. The van der Waals surface area contributed by atoms with E-state index in [4.69, 9.17) is 10.8 Å². The second kappa shape index (κ2) is 5.66. The van der Waals surface area contributed by atoms with Crippen LogP contribution in [0.3, 0.4) is 0 Å². The minimum absolute atomic E-state index is 0.0870. The zero-order valence-electron chi connectivity index (χ0n) is 11.4. The number of carboxylic acids is 1. The molecule has 0 saturated carbocycles. The molecule has 11 heteroatoms. The van der Waals surface area contributed by atoms with Gasteiger partial charge in [-0.05, 0) is 6.08 Å². The minimum Gasteiger partial charge on any atom is -0.477 e. The van der Waals surface area contributed by atoms with Crippen molar-refractivity contribution < 1.29 is 24.3 Å². The molecule has 9 nitrogen and oxygen atoms in total. The molecular weight excluding hydrogens is 344 g/mol. The van der Waals surface area contributed by atoms with Gasteiger partial charge < -0.3 is 16.2 Å². The number of aromatic nitrogens is 1. The van der Waals surface area contributed by atoms with E-state index in [2.05, 4.69) is 10.3 Å². The van der Waals surface area contributed by atoms with Crippen LogP contribution in [-0.2, 0) is 14.4 Å². The van der Waals surface area contributed by atoms with Crippen LogP contribution < -0.4 is 11.1 Å². The van der Waals surface area contributed by atoms with Gasteiger partial charge in [0.1, 0.15) is 22.8 Å². The third-order valence-corrected chi connectivity index (χ3v) is 5.17. The number of hydrogen-bond donors (Lipinski definition) is 3. The Morgan fingerprint density at radius 1 is 1.43 bits per heavy atom. The molecule has 2 aliphatic heterocycles. The third kappa shape index (κ3) is 2.57. The van der Waals surface area contributed by atoms with E-state index in [0.29, 0.717) is 5.75 Å². The smallest absolute Gasteiger partial charge is 0.352 e. The van der Waals surface area contributed by atoms with Crippen molar-refractivity contribution in [2.24, 2.45) is 0 Å². The number of nitrogen functional groups attached to an aromatic ring is 1. The molecule has 2 amide bonds. The average Bonchev–Trinajstić information content (AvgIpc) is 2.96. The van der Waals surface area contributed by atoms with E-state index in [1.54, 1.807) is 0 Å². The fraction of sp³-hybridized carbons (Fsp3) is 0.250. The molecule has 0 aromatic carbocycles. The van der Waals surface area contributed by atoms with Gasteiger partial charge in [-0.3, -0.25) is 19.3 Å². The summed E-state index contributed by atoms with van der Waals surface area (Å²) in [5.41, 5.74) is 5.21. The molecule has 23 heavy (non-hydrogen) atoms. The second-order valence-electron chi connectivity index (χ2n) is 4.68. The number of aliphatic carboxylic acids is 1. The van der Waals surface area contributed by atoms with Crippen molar-refractivity contribution in [3.63, 3.8) is 0 Å². The fourth-order valence-corrected chi connectivity index (χ4v) is 3.99. The van der Waals surface area contributed by atoms with Crippen molar-refractivity contribution in [2.45, 2.75) is 11.4 Å². The number of carboxylic acid groups (broad SMARTS) is 1. The summed E-state index contributed by atoms with van der Waals surface area (Å²) in [4.78, 5) is 51.8. The van der Waals surface area contributed by atoms with Crippen LogP contribution in [0.25, 0.3) is 0 Å². The molecule has 1 fully saturated rings. The van der Waals surface area contributed by atoms with Crippen molar-refractivity contribution in [3.8, 4) is 0 Å². The van der Waals surface area contributed by atoms with E-state index in [1.807, 2.05) is 0 Å². The lowest BCUT2D eigenvalue weighted by Crippen LogP contribution is -2.70. The van der Waals surface area contributed by atoms with Gasteiger partial charge in [0, 0.05) is 11.1 Å². The summed E-state index contributed by atoms with van der Waals surface area (Å²) in [7, 11) is 0. The summed E-state index contributed by atoms with van der Waals surface area (Å²) in [5, 5.41) is 12.4. The van der Waals surface area contributed by atoms with Gasteiger partial charge >= 0.3 is 5.97 Å². The van der Waals surface area contributed by atoms with Crippen LogP contribution in [-0.4, -0.2) is 55.7 Å². The number of nitrogens with two attached hydrogens (primary N) is 1. The first-order valence-electron chi connectivity index (χ1n) is 6.34. The molecular formula is C12H10N4O5S2. The maximum atomic E-state index is 12.1. The van der Waals surface area contributed by atoms with E-state index >= 15 is 0 Å². The maximum Gasteiger partial charge on any atom is 0.352 e. The number of nitrogens with zero attached hydrogens (tertiary/aromatic N) is 2. The Morgan fingerprint density at radius 2 is 2.17 bits per heavy atom. The topological polar surface area (TPSA) is 143 Å². The lowest BCUT2D eigenvalue weighted by molar-refractivity contribution is -0.150. The molecule has 1 aromatic heterocycles. The van der Waals surface area contributed by atoms with Crippen molar-refractivity contribution in [1.82, 2.24) is 15.2 Å². The fourth-order valence-electron chi connectivity index (χ4n) is 2.25. The van der Waals surface area contributed by atoms with Crippen LogP contribution >= 0.6 is 23.1 Å². The minimum atomic E-state index is -1.21. The van der Waals surface area contributed by atoms with Gasteiger partial charge in [-0.15, -0.1) is 23.1 Å². The number of anilines is 1. The number of thioether (sulfide) groups is 1. The van der Waals surface area contributed by atoms with Gasteiger partial charge in [0.2, 0.25) is 0 Å². The van der Waals surface area contributed by atoms with Gasteiger partial charge in [-0.2, -0.15) is 0 Å². The number of rotatable bonds is 4. The molecule has 2 aliphatic rings. The molecule has 1 unspecified atom stereocenters. The van der Waals surface area contributed by atoms with E-state index in [-0.39, 0.29) is 16.5 Å². The zero-order chi connectivity index (χ0) is 16.7. The first-order chi connectivity index (χ1) is 10.9. The zero-order valence-corrected chi connectivity index (χ0v) is 13.0. The van der Waals surface area contributed by atoms with Crippen LogP contribution in [0, 0.1) is 0 Å². The molecule has 0 radical (unpaired) electrons.